The Labute approximate surface area is 115 Å². The van der Waals surface area contributed by atoms with Crippen molar-refractivity contribution in [3.05, 3.63) is 40.5 Å². The van der Waals surface area contributed by atoms with Gasteiger partial charge in [-0.2, -0.15) is 13.5 Å². The molecule has 0 aliphatic rings. The van der Waals surface area contributed by atoms with Crippen molar-refractivity contribution in [2.24, 2.45) is 0 Å². The number of aromatic nitrogens is 2. The van der Waals surface area contributed by atoms with E-state index in [9.17, 15) is 8.42 Å². The van der Waals surface area contributed by atoms with E-state index in [1.165, 1.54) is 12.3 Å². The molecule has 0 atom stereocenters. The summed E-state index contributed by atoms with van der Waals surface area (Å²) >= 11 is 5.93. The molecule has 3 N–H and O–H groups in total. The molecule has 0 spiro atoms. The highest BCUT2D eigenvalue weighted by molar-refractivity contribution is 7.92. The van der Waals surface area contributed by atoms with Crippen LogP contribution in [0.25, 0.3) is 0 Å². The van der Waals surface area contributed by atoms with Crippen LogP contribution in [-0.2, 0) is 16.6 Å². The van der Waals surface area contributed by atoms with Crippen LogP contribution in [0.3, 0.4) is 0 Å². The second-order valence-corrected chi connectivity index (χ2v) is 5.98. The standard InChI is InChI=1S/C11H12ClN3O3S/c1-7-2-3-9(4-10(7)12)15-19(17,18)11-8(6-16)5-13-14-11/h2-5,15-16H,6H2,1H3,(H,13,14). The largest absolute Gasteiger partial charge is 0.392 e. The second kappa shape index (κ2) is 5.20. The van der Waals surface area contributed by atoms with Gasteiger partial charge < -0.3 is 5.11 Å². The second-order valence-electron chi connectivity index (χ2n) is 3.95. The van der Waals surface area contributed by atoms with Gasteiger partial charge in [0.2, 0.25) is 0 Å². The van der Waals surface area contributed by atoms with E-state index in [1.54, 1.807) is 12.1 Å². The van der Waals surface area contributed by atoms with Crippen LogP contribution < -0.4 is 4.72 Å². The van der Waals surface area contributed by atoms with Crippen molar-refractivity contribution in [2.45, 2.75) is 18.6 Å². The van der Waals surface area contributed by atoms with Crippen molar-refractivity contribution < 1.29 is 13.5 Å². The molecule has 0 bridgehead atoms. The van der Waals surface area contributed by atoms with Gasteiger partial charge in [-0.05, 0) is 24.6 Å². The number of sulfonamides is 1. The number of nitrogens with one attached hydrogen (secondary N) is 2. The van der Waals surface area contributed by atoms with E-state index in [2.05, 4.69) is 14.9 Å². The minimum Gasteiger partial charge on any atom is -0.392 e. The molecule has 1 heterocycles. The Kier molecular flexibility index (Phi) is 3.79. The molecule has 0 amide bonds. The van der Waals surface area contributed by atoms with Gasteiger partial charge >= 0.3 is 0 Å². The molecule has 8 heteroatoms. The number of nitrogens with zero attached hydrogens (tertiary/aromatic N) is 1. The highest BCUT2D eigenvalue weighted by Crippen LogP contribution is 2.23. The predicted octanol–water partition coefficient (Wildman–Crippen LogP) is 1.66. The average Bonchev–Trinajstić information content (AvgIpc) is 2.82. The summed E-state index contributed by atoms with van der Waals surface area (Å²) in [4.78, 5) is 0. The molecular formula is C11H12ClN3O3S. The van der Waals surface area contributed by atoms with Crippen molar-refractivity contribution in [3.63, 3.8) is 0 Å². The molecule has 102 valence electrons. The molecule has 1 aromatic carbocycles. The summed E-state index contributed by atoms with van der Waals surface area (Å²) < 4.78 is 26.6. The van der Waals surface area contributed by atoms with Crippen LogP contribution in [-0.4, -0.2) is 23.7 Å². The maximum absolute atomic E-state index is 12.1. The number of hydrogen-bond acceptors (Lipinski definition) is 4. The molecule has 6 nitrogen and oxygen atoms in total. The van der Waals surface area contributed by atoms with E-state index >= 15 is 0 Å². The van der Waals surface area contributed by atoms with E-state index in [-0.39, 0.29) is 10.6 Å². The number of hydrogen-bond donors (Lipinski definition) is 3. The number of aliphatic hydroxyl groups excluding tert-OH is 1. The quantitative estimate of drug-likeness (QED) is 0.800. The van der Waals surface area contributed by atoms with Gasteiger partial charge in [-0.25, -0.2) is 0 Å². The number of aliphatic hydroxyl groups is 1. The Bertz CT molecular complexity index is 697. The summed E-state index contributed by atoms with van der Waals surface area (Å²) in [5.41, 5.74) is 1.39. The molecule has 0 saturated heterocycles. The van der Waals surface area contributed by atoms with Gasteiger partial charge in [-0.1, -0.05) is 17.7 Å². The molecule has 1 aromatic heterocycles. The van der Waals surface area contributed by atoms with Crippen LogP contribution >= 0.6 is 11.6 Å². The van der Waals surface area contributed by atoms with Crippen molar-refractivity contribution in [1.29, 1.82) is 0 Å². The Morgan fingerprint density at radius 3 is 2.84 bits per heavy atom. The predicted molar refractivity (Wildman–Crippen MR) is 71.5 cm³/mol. The molecule has 2 rings (SSSR count). The van der Waals surface area contributed by atoms with Gasteiger partial charge in [0.25, 0.3) is 10.0 Å². The number of H-pyrrole nitrogens is 1. The SMILES string of the molecule is Cc1ccc(NS(=O)(=O)c2[nH]ncc2CO)cc1Cl. The number of anilines is 1. The lowest BCUT2D eigenvalue weighted by molar-refractivity contribution is 0.278. The molecule has 19 heavy (non-hydrogen) atoms. The van der Waals surface area contributed by atoms with Crippen LogP contribution in [0.2, 0.25) is 5.02 Å². The Hall–Kier alpha value is -1.57. The normalized spacial score (nSPS) is 11.5. The van der Waals surface area contributed by atoms with Crippen molar-refractivity contribution in [3.8, 4) is 0 Å². The summed E-state index contributed by atoms with van der Waals surface area (Å²) in [6, 6.07) is 4.83. The fraction of sp³-hybridized carbons (Fsp3) is 0.182. The first-order chi connectivity index (χ1) is 8.94. The lowest BCUT2D eigenvalue weighted by Gasteiger charge is -2.08. The average molecular weight is 302 g/mol. The third kappa shape index (κ3) is 2.89. The first kappa shape index (κ1) is 13.9. The van der Waals surface area contributed by atoms with Crippen molar-refractivity contribution in [2.75, 3.05) is 4.72 Å². The fourth-order valence-corrected chi connectivity index (χ4v) is 2.86. The van der Waals surface area contributed by atoms with Gasteiger partial charge in [0.05, 0.1) is 18.5 Å². The number of benzene rings is 1. The van der Waals surface area contributed by atoms with Crippen LogP contribution in [0, 0.1) is 6.92 Å². The third-order valence-electron chi connectivity index (χ3n) is 2.54. The summed E-state index contributed by atoms with van der Waals surface area (Å²) in [5, 5.41) is 15.3. The topological polar surface area (TPSA) is 95.1 Å². The van der Waals surface area contributed by atoms with E-state index < -0.39 is 16.6 Å². The van der Waals surface area contributed by atoms with Crippen molar-refractivity contribution >= 4 is 27.3 Å². The summed E-state index contributed by atoms with van der Waals surface area (Å²) in [5.74, 6) is 0. The maximum Gasteiger partial charge on any atom is 0.279 e. The number of rotatable bonds is 4. The van der Waals surface area contributed by atoms with E-state index in [1.807, 2.05) is 6.92 Å². The Morgan fingerprint density at radius 1 is 1.47 bits per heavy atom. The zero-order valence-corrected chi connectivity index (χ0v) is 11.6. The first-order valence-corrected chi connectivity index (χ1v) is 7.22. The maximum atomic E-state index is 12.1. The van der Waals surface area contributed by atoms with Crippen LogP contribution in [0.1, 0.15) is 11.1 Å². The lowest BCUT2D eigenvalue weighted by atomic mass is 10.2. The van der Waals surface area contributed by atoms with E-state index in [4.69, 9.17) is 16.7 Å². The molecule has 0 unspecified atom stereocenters. The zero-order chi connectivity index (χ0) is 14.0. The van der Waals surface area contributed by atoms with Gasteiger partial charge in [0, 0.05) is 10.6 Å². The number of halogens is 1. The van der Waals surface area contributed by atoms with Gasteiger partial charge in [-0.3, -0.25) is 9.82 Å². The molecule has 2 aromatic rings. The summed E-state index contributed by atoms with van der Waals surface area (Å²) in [6.07, 6.45) is 1.26. The van der Waals surface area contributed by atoms with Crippen molar-refractivity contribution in [1.82, 2.24) is 10.2 Å². The summed E-state index contributed by atoms with van der Waals surface area (Å²) in [7, 11) is -3.83. The van der Waals surface area contributed by atoms with Crippen LogP contribution in [0.15, 0.2) is 29.4 Å². The lowest BCUT2D eigenvalue weighted by Crippen LogP contribution is -2.15. The first-order valence-electron chi connectivity index (χ1n) is 5.36. The molecule has 0 aliphatic carbocycles. The fourth-order valence-electron chi connectivity index (χ4n) is 1.51. The highest BCUT2D eigenvalue weighted by Gasteiger charge is 2.20. The third-order valence-corrected chi connectivity index (χ3v) is 4.34. The highest BCUT2D eigenvalue weighted by atomic mass is 35.5. The molecule has 0 fully saturated rings. The number of aryl methyl sites for hydroxylation is 1. The molecular weight excluding hydrogens is 290 g/mol. The Morgan fingerprint density at radius 2 is 2.21 bits per heavy atom. The van der Waals surface area contributed by atoms with Gasteiger partial charge in [0.1, 0.15) is 0 Å². The van der Waals surface area contributed by atoms with Crippen LogP contribution in [0.4, 0.5) is 5.69 Å². The molecule has 0 aliphatic heterocycles. The summed E-state index contributed by atoms with van der Waals surface area (Å²) in [6.45, 7) is 1.40. The minimum absolute atomic E-state index is 0.160. The molecule has 0 saturated carbocycles. The van der Waals surface area contributed by atoms with E-state index in [0.29, 0.717) is 10.7 Å². The Balaban J connectivity index is 2.34. The monoisotopic (exact) mass is 301 g/mol. The van der Waals surface area contributed by atoms with Crippen LogP contribution in [0.5, 0.6) is 0 Å². The minimum atomic E-state index is -3.83. The number of aromatic amines is 1. The smallest absolute Gasteiger partial charge is 0.279 e. The zero-order valence-electron chi connectivity index (χ0n) is 10.0. The van der Waals surface area contributed by atoms with E-state index in [0.717, 1.165) is 5.56 Å². The van der Waals surface area contributed by atoms with Gasteiger partial charge in [0.15, 0.2) is 5.03 Å². The van der Waals surface area contributed by atoms with Gasteiger partial charge in [-0.15, -0.1) is 0 Å². The molecule has 0 radical (unpaired) electrons.